The summed E-state index contributed by atoms with van der Waals surface area (Å²) in [5.74, 6) is -0.305. The van der Waals surface area contributed by atoms with Gasteiger partial charge in [-0.2, -0.15) is 0 Å². The first-order chi connectivity index (χ1) is 8.85. The van der Waals surface area contributed by atoms with Gasteiger partial charge in [0.2, 0.25) is 0 Å². The standard InChI is InChI=1S/C13H18ClFO3S/c1-2-19(17,18)8-4-5-10(16)9-11-12(14)6-3-7-13(11)15/h3,6-7,10,16H,2,4-5,8-9H2,1H3. The predicted molar refractivity (Wildman–Crippen MR) is 74.7 cm³/mol. The number of sulfone groups is 1. The number of hydrogen-bond acceptors (Lipinski definition) is 3. The predicted octanol–water partition coefficient (Wildman–Crippen LogP) is 2.60. The molecule has 0 aromatic heterocycles. The molecule has 0 bridgehead atoms. The van der Waals surface area contributed by atoms with Crippen LogP contribution in [0.3, 0.4) is 0 Å². The smallest absolute Gasteiger partial charge is 0.150 e. The van der Waals surface area contributed by atoms with Crippen molar-refractivity contribution in [3.63, 3.8) is 0 Å². The van der Waals surface area contributed by atoms with E-state index < -0.39 is 21.8 Å². The molecular weight excluding hydrogens is 291 g/mol. The van der Waals surface area contributed by atoms with Crippen molar-refractivity contribution in [1.82, 2.24) is 0 Å². The van der Waals surface area contributed by atoms with Gasteiger partial charge in [0.05, 0.1) is 11.9 Å². The SMILES string of the molecule is CCS(=O)(=O)CCCC(O)Cc1c(F)cccc1Cl. The van der Waals surface area contributed by atoms with Gasteiger partial charge < -0.3 is 5.11 Å². The average molecular weight is 309 g/mol. The highest BCUT2D eigenvalue weighted by Crippen LogP contribution is 2.21. The Kier molecular flexibility index (Phi) is 6.23. The number of rotatable bonds is 7. The number of hydrogen-bond donors (Lipinski definition) is 1. The molecule has 1 N–H and O–H groups in total. The molecule has 0 saturated carbocycles. The lowest BCUT2D eigenvalue weighted by molar-refractivity contribution is 0.163. The van der Waals surface area contributed by atoms with Crippen LogP contribution in [0.25, 0.3) is 0 Å². The number of aliphatic hydroxyl groups is 1. The Labute approximate surface area is 118 Å². The van der Waals surface area contributed by atoms with Crippen molar-refractivity contribution < 1.29 is 17.9 Å². The van der Waals surface area contributed by atoms with E-state index in [9.17, 15) is 17.9 Å². The van der Waals surface area contributed by atoms with Gasteiger partial charge in [-0.15, -0.1) is 0 Å². The molecule has 6 heteroatoms. The van der Waals surface area contributed by atoms with Gasteiger partial charge in [-0.3, -0.25) is 0 Å². The van der Waals surface area contributed by atoms with E-state index in [-0.39, 0.29) is 28.5 Å². The molecule has 0 spiro atoms. The summed E-state index contributed by atoms with van der Waals surface area (Å²) >= 11 is 5.86. The topological polar surface area (TPSA) is 54.4 Å². The van der Waals surface area contributed by atoms with Crippen molar-refractivity contribution in [1.29, 1.82) is 0 Å². The maximum atomic E-state index is 13.5. The van der Waals surface area contributed by atoms with Crippen LogP contribution in [0.1, 0.15) is 25.3 Å². The highest BCUT2D eigenvalue weighted by atomic mass is 35.5. The van der Waals surface area contributed by atoms with E-state index in [2.05, 4.69) is 0 Å². The quantitative estimate of drug-likeness (QED) is 0.842. The van der Waals surface area contributed by atoms with Crippen molar-refractivity contribution in [3.05, 3.63) is 34.6 Å². The van der Waals surface area contributed by atoms with E-state index in [1.165, 1.54) is 12.1 Å². The molecule has 1 atom stereocenters. The zero-order chi connectivity index (χ0) is 14.5. The van der Waals surface area contributed by atoms with Crippen LogP contribution in [0.15, 0.2) is 18.2 Å². The molecule has 1 aromatic rings. The fourth-order valence-electron chi connectivity index (χ4n) is 1.75. The van der Waals surface area contributed by atoms with Gasteiger partial charge in [0.15, 0.2) is 0 Å². The molecule has 0 amide bonds. The Morgan fingerprint density at radius 3 is 2.68 bits per heavy atom. The molecule has 0 aliphatic rings. The van der Waals surface area contributed by atoms with E-state index in [4.69, 9.17) is 11.6 Å². The van der Waals surface area contributed by atoms with E-state index >= 15 is 0 Å². The minimum Gasteiger partial charge on any atom is -0.393 e. The van der Waals surface area contributed by atoms with E-state index in [1.807, 2.05) is 0 Å². The fourth-order valence-corrected chi connectivity index (χ4v) is 2.88. The largest absolute Gasteiger partial charge is 0.393 e. The van der Waals surface area contributed by atoms with Crippen molar-refractivity contribution in [2.24, 2.45) is 0 Å². The average Bonchev–Trinajstić information content (AvgIpc) is 2.34. The maximum absolute atomic E-state index is 13.5. The first-order valence-electron chi connectivity index (χ1n) is 6.17. The van der Waals surface area contributed by atoms with Crippen LogP contribution < -0.4 is 0 Å². The van der Waals surface area contributed by atoms with Crippen LogP contribution in [0.5, 0.6) is 0 Å². The first-order valence-corrected chi connectivity index (χ1v) is 8.37. The molecule has 1 aromatic carbocycles. The molecule has 3 nitrogen and oxygen atoms in total. The lowest BCUT2D eigenvalue weighted by Crippen LogP contribution is -2.15. The summed E-state index contributed by atoms with van der Waals surface area (Å²) in [4.78, 5) is 0. The highest BCUT2D eigenvalue weighted by molar-refractivity contribution is 7.91. The third-order valence-electron chi connectivity index (χ3n) is 2.93. The number of halogens is 2. The zero-order valence-corrected chi connectivity index (χ0v) is 12.3. The van der Waals surface area contributed by atoms with Gasteiger partial charge in [0, 0.05) is 22.8 Å². The lowest BCUT2D eigenvalue weighted by Gasteiger charge is -2.12. The summed E-state index contributed by atoms with van der Waals surface area (Å²) in [6.45, 7) is 1.59. The Balaban J connectivity index is 2.50. The number of aliphatic hydroxyl groups excluding tert-OH is 1. The maximum Gasteiger partial charge on any atom is 0.150 e. The highest BCUT2D eigenvalue weighted by Gasteiger charge is 2.14. The Morgan fingerprint density at radius 2 is 2.11 bits per heavy atom. The van der Waals surface area contributed by atoms with Gasteiger partial charge in [0.25, 0.3) is 0 Å². The van der Waals surface area contributed by atoms with E-state index in [0.29, 0.717) is 12.8 Å². The summed E-state index contributed by atoms with van der Waals surface area (Å²) in [5.41, 5.74) is 0.273. The molecule has 0 aliphatic carbocycles. The molecule has 0 aliphatic heterocycles. The molecule has 0 radical (unpaired) electrons. The second kappa shape index (κ2) is 7.22. The zero-order valence-electron chi connectivity index (χ0n) is 10.8. The normalized spacial score (nSPS) is 13.5. The molecule has 0 saturated heterocycles. The molecule has 0 fully saturated rings. The van der Waals surface area contributed by atoms with Gasteiger partial charge >= 0.3 is 0 Å². The van der Waals surface area contributed by atoms with Gasteiger partial charge in [0.1, 0.15) is 15.7 Å². The molecule has 1 rings (SSSR count). The van der Waals surface area contributed by atoms with Gasteiger partial charge in [-0.05, 0) is 25.0 Å². The van der Waals surface area contributed by atoms with Crippen LogP contribution in [-0.4, -0.2) is 31.1 Å². The summed E-state index contributed by atoms with van der Waals surface area (Å²) in [6, 6.07) is 4.35. The van der Waals surface area contributed by atoms with Crippen molar-refractivity contribution in [2.45, 2.75) is 32.3 Å². The summed E-state index contributed by atoms with van der Waals surface area (Å²) in [5, 5.41) is 10.1. The first kappa shape index (κ1) is 16.4. The molecule has 0 heterocycles. The van der Waals surface area contributed by atoms with E-state index in [0.717, 1.165) is 0 Å². The van der Waals surface area contributed by atoms with Gasteiger partial charge in [-0.1, -0.05) is 24.6 Å². The molecule has 108 valence electrons. The second-order valence-corrected chi connectivity index (χ2v) is 7.32. The minimum atomic E-state index is -3.02. The van der Waals surface area contributed by atoms with Crippen molar-refractivity contribution in [2.75, 3.05) is 11.5 Å². The second-order valence-electron chi connectivity index (χ2n) is 4.44. The molecular formula is C13H18ClFO3S. The third kappa shape index (κ3) is 5.47. The monoisotopic (exact) mass is 308 g/mol. The van der Waals surface area contributed by atoms with Crippen molar-refractivity contribution in [3.8, 4) is 0 Å². The minimum absolute atomic E-state index is 0.0472. The third-order valence-corrected chi connectivity index (χ3v) is 5.08. The van der Waals surface area contributed by atoms with Crippen molar-refractivity contribution >= 4 is 21.4 Å². The fraction of sp³-hybridized carbons (Fsp3) is 0.538. The molecule has 1 unspecified atom stereocenters. The summed E-state index contributed by atoms with van der Waals surface area (Å²) in [7, 11) is -3.02. The van der Waals surface area contributed by atoms with Crippen LogP contribution in [0.4, 0.5) is 4.39 Å². The van der Waals surface area contributed by atoms with Crippen LogP contribution in [0.2, 0.25) is 5.02 Å². The van der Waals surface area contributed by atoms with E-state index in [1.54, 1.807) is 13.0 Å². The lowest BCUT2D eigenvalue weighted by atomic mass is 10.0. The Hall–Kier alpha value is -0.650. The summed E-state index contributed by atoms with van der Waals surface area (Å²) < 4.78 is 36.1. The van der Waals surface area contributed by atoms with Crippen LogP contribution >= 0.6 is 11.6 Å². The number of benzene rings is 1. The Morgan fingerprint density at radius 1 is 1.42 bits per heavy atom. The van der Waals surface area contributed by atoms with Gasteiger partial charge in [-0.25, -0.2) is 12.8 Å². The van der Waals surface area contributed by atoms with Crippen LogP contribution in [-0.2, 0) is 16.3 Å². The van der Waals surface area contributed by atoms with Crippen LogP contribution in [0, 0.1) is 5.82 Å². The summed E-state index contributed by atoms with van der Waals surface area (Å²) in [6.07, 6.45) is -0.0215. The Bertz CT molecular complexity index is 496. The molecule has 19 heavy (non-hydrogen) atoms.